The van der Waals surface area contributed by atoms with Gasteiger partial charge in [0.25, 0.3) is 5.91 Å². The molecule has 2 heterocycles. The molecular weight excluding hydrogens is 232 g/mol. The molecule has 2 aliphatic rings. The molecule has 5 heteroatoms. The van der Waals surface area contributed by atoms with Crippen LogP contribution in [-0.4, -0.2) is 30.7 Å². The predicted molar refractivity (Wildman–Crippen MR) is 65.2 cm³/mol. The van der Waals surface area contributed by atoms with Crippen molar-refractivity contribution in [3.63, 3.8) is 0 Å². The van der Waals surface area contributed by atoms with E-state index >= 15 is 0 Å². The number of carbonyl (C=O) groups excluding carboxylic acids is 2. The Morgan fingerprint density at radius 2 is 1.78 bits per heavy atom. The Kier molecular flexibility index (Phi) is 2.56. The molecule has 94 valence electrons. The molecule has 2 fully saturated rings. The molecule has 3 rings (SSSR count). The van der Waals surface area contributed by atoms with Crippen LogP contribution in [0, 0.1) is 0 Å². The Labute approximate surface area is 105 Å². The zero-order valence-corrected chi connectivity index (χ0v) is 9.89. The Morgan fingerprint density at radius 3 is 2.44 bits per heavy atom. The molecule has 2 aliphatic heterocycles. The maximum atomic E-state index is 12.5. The summed E-state index contributed by atoms with van der Waals surface area (Å²) in [5.74, 6) is -0.165. The standard InChI is InChI=1S/C13H14N2O3/c16-11-13(6-8-18-9-7-13)14-12(17)15(11)10-4-2-1-3-5-10/h1-5H,6-9H2,(H,14,17). The van der Waals surface area contributed by atoms with Crippen molar-refractivity contribution in [2.45, 2.75) is 18.4 Å². The highest BCUT2D eigenvalue weighted by molar-refractivity contribution is 6.23. The molecule has 0 radical (unpaired) electrons. The van der Waals surface area contributed by atoms with Crippen LogP contribution < -0.4 is 10.2 Å². The molecule has 1 spiro atoms. The number of ether oxygens (including phenoxy) is 1. The van der Waals surface area contributed by atoms with Gasteiger partial charge in [0.15, 0.2) is 0 Å². The van der Waals surface area contributed by atoms with Gasteiger partial charge in [0, 0.05) is 26.1 Å². The van der Waals surface area contributed by atoms with Gasteiger partial charge in [-0.1, -0.05) is 18.2 Å². The number of nitrogens with zero attached hydrogens (tertiary/aromatic N) is 1. The second kappa shape index (κ2) is 4.10. The van der Waals surface area contributed by atoms with Gasteiger partial charge in [0.2, 0.25) is 0 Å². The Hall–Kier alpha value is -1.88. The lowest BCUT2D eigenvalue weighted by Gasteiger charge is -2.30. The SMILES string of the molecule is O=C1NC2(CCOCC2)C(=O)N1c1ccccc1. The van der Waals surface area contributed by atoms with E-state index in [1.807, 2.05) is 18.2 Å². The molecule has 0 aromatic heterocycles. The summed E-state index contributed by atoms with van der Waals surface area (Å²) >= 11 is 0. The van der Waals surface area contributed by atoms with Crippen LogP contribution in [0.25, 0.3) is 0 Å². The van der Waals surface area contributed by atoms with Gasteiger partial charge < -0.3 is 10.1 Å². The monoisotopic (exact) mass is 246 g/mol. The summed E-state index contributed by atoms with van der Waals surface area (Å²) < 4.78 is 5.26. The molecular formula is C13H14N2O3. The van der Waals surface area contributed by atoms with Crippen molar-refractivity contribution < 1.29 is 14.3 Å². The zero-order valence-electron chi connectivity index (χ0n) is 9.89. The summed E-state index contributed by atoms with van der Waals surface area (Å²) in [6.07, 6.45) is 1.09. The highest BCUT2D eigenvalue weighted by atomic mass is 16.5. The topological polar surface area (TPSA) is 58.6 Å². The van der Waals surface area contributed by atoms with E-state index in [9.17, 15) is 9.59 Å². The van der Waals surface area contributed by atoms with Crippen molar-refractivity contribution in [3.8, 4) is 0 Å². The summed E-state index contributed by atoms with van der Waals surface area (Å²) in [6, 6.07) is 8.65. The van der Waals surface area contributed by atoms with Crippen molar-refractivity contribution in [2.75, 3.05) is 18.1 Å². The van der Waals surface area contributed by atoms with Gasteiger partial charge in [-0.2, -0.15) is 0 Å². The average molecular weight is 246 g/mol. The number of rotatable bonds is 1. The molecule has 0 unspecified atom stereocenters. The third kappa shape index (κ3) is 1.59. The summed E-state index contributed by atoms with van der Waals surface area (Å²) in [4.78, 5) is 25.7. The number of hydrogen-bond donors (Lipinski definition) is 1. The third-order valence-corrected chi connectivity index (χ3v) is 3.52. The molecule has 1 aromatic carbocycles. The number of imide groups is 1. The molecule has 1 N–H and O–H groups in total. The van der Waals surface area contributed by atoms with Crippen LogP contribution >= 0.6 is 0 Å². The molecule has 2 saturated heterocycles. The van der Waals surface area contributed by atoms with Gasteiger partial charge in [0.1, 0.15) is 5.54 Å². The fourth-order valence-electron chi connectivity index (χ4n) is 2.49. The molecule has 0 atom stereocenters. The number of carbonyl (C=O) groups is 2. The van der Waals surface area contributed by atoms with Crippen LogP contribution in [0.5, 0.6) is 0 Å². The first kappa shape index (κ1) is 11.2. The molecule has 18 heavy (non-hydrogen) atoms. The minimum atomic E-state index is -0.759. The van der Waals surface area contributed by atoms with Crippen molar-refractivity contribution in [1.82, 2.24) is 5.32 Å². The van der Waals surface area contributed by atoms with Crippen LogP contribution in [0.2, 0.25) is 0 Å². The fourth-order valence-corrected chi connectivity index (χ4v) is 2.49. The molecule has 0 aliphatic carbocycles. The van der Waals surface area contributed by atoms with Gasteiger partial charge in [-0.15, -0.1) is 0 Å². The van der Waals surface area contributed by atoms with Crippen LogP contribution in [-0.2, 0) is 9.53 Å². The van der Waals surface area contributed by atoms with E-state index in [4.69, 9.17) is 4.74 Å². The van der Waals surface area contributed by atoms with Gasteiger partial charge >= 0.3 is 6.03 Å². The van der Waals surface area contributed by atoms with Gasteiger partial charge in [0.05, 0.1) is 5.69 Å². The summed E-state index contributed by atoms with van der Waals surface area (Å²) in [5, 5.41) is 2.83. The normalized spacial score (nSPS) is 22.3. The lowest BCUT2D eigenvalue weighted by atomic mass is 9.90. The largest absolute Gasteiger partial charge is 0.381 e. The predicted octanol–water partition coefficient (Wildman–Crippen LogP) is 1.29. The van der Waals surface area contributed by atoms with Crippen molar-refractivity contribution in [3.05, 3.63) is 30.3 Å². The number of amides is 3. The summed E-state index contributed by atoms with van der Waals surface area (Å²) in [7, 11) is 0. The number of para-hydroxylation sites is 1. The number of nitrogens with one attached hydrogen (secondary N) is 1. The van der Waals surface area contributed by atoms with E-state index in [0.717, 1.165) is 0 Å². The van der Waals surface area contributed by atoms with E-state index in [-0.39, 0.29) is 11.9 Å². The molecule has 3 amide bonds. The van der Waals surface area contributed by atoms with Crippen molar-refractivity contribution in [2.24, 2.45) is 0 Å². The molecule has 0 bridgehead atoms. The zero-order chi connectivity index (χ0) is 12.6. The van der Waals surface area contributed by atoms with E-state index in [2.05, 4.69) is 5.32 Å². The molecule has 1 aromatic rings. The second-order valence-corrected chi connectivity index (χ2v) is 4.60. The van der Waals surface area contributed by atoms with Crippen LogP contribution in [0.3, 0.4) is 0 Å². The Bertz CT molecular complexity index is 480. The first-order valence-corrected chi connectivity index (χ1v) is 6.02. The van der Waals surface area contributed by atoms with Crippen molar-refractivity contribution >= 4 is 17.6 Å². The minimum absolute atomic E-state index is 0.165. The summed E-state index contributed by atoms with van der Waals surface area (Å²) in [6.45, 7) is 1.02. The van der Waals surface area contributed by atoms with Gasteiger partial charge in [-0.25, -0.2) is 9.69 Å². The van der Waals surface area contributed by atoms with E-state index in [0.29, 0.717) is 31.7 Å². The summed E-state index contributed by atoms with van der Waals surface area (Å²) in [5.41, 5.74) is -0.145. The number of benzene rings is 1. The number of anilines is 1. The van der Waals surface area contributed by atoms with E-state index in [1.54, 1.807) is 12.1 Å². The first-order valence-electron chi connectivity index (χ1n) is 6.02. The highest BCUT2D eigenvalue weighted by Gasteiger charge is 2.52. The van der Waals surface area contributed by atoms with Gasteiger partial charge in [-0.05, 0) is 12.1 Å². The average Bonchev–Trinajstić information content (AvgIpc) is 2.63. The lowest BCUT2D eigenvalue weighted by Crippen LogP contribution is -2.51. The number of urea groups is 1. The Balaban J connectivity index is 1.94. The van der Waals surface area contributed by atoms with E-state index in [1.165, 1.54) is 4.90 Å². The highest BCUT2D eigenvalue weighted by Crippen LogP contribution is 2.31. The van der Waals surface area contributed by atoms with Crippen LogP contribution in [0.4, 0.5) is 10.5 Å². The van der Waals surface area contributed by atoms with E-state index < -0.39 is 5.54 Å². The lowest BCUT2D eigenvalue weighted by molar-refractivity contribution is -0.125. The minimum Gasteiger partial charge on any atom is -0.381 e. The third-order valence-electron chi connectivity index (χ3n) is 3.52. The maximum Gasteiger partial charge on any atom is 0.329 e. The first-order chi connectivity index (χ1) is 8.73. The quantitative estimate of drug-likeness (QED) is 0.760. The molecule has 5 nitrogen and oxygen atoms in total. The fraction of sp³-hybridized carbons (Fsp3) is 0.385. The van der Waals surface area contributed by atoms with Crippen molar-refractivity contribution in [1.29, 1.82) is 0 Å². The number of hydrogen-bond acceptors (Lipinski definition) is 3. The molecule has 0 saturated carbocycles. The maximum absolute atomic E-state index is 12.5. The second-order valence-electron chi connectivity index (χ2n) is 4.60. The van der Waals surface area contributed by atoms with Gasteiger partial charge in [-0.3, -0.25) is 4.79 Å². The van der Waals surface area contributed by atoms with Crippen LogP contribution in [0.1, 0.15) is 12.8 Å². The Morgan fingerprint density at radius 1 is 1.11 bits per heavy atom. The smallest absolute Gasteiger partial charge is 0.329 e. The van der Waals surface area contributed by atoms with Crippen LogP contribution in [0.15, 0.2) is 30.3 Å².